The summed E-state index contributed by atoms with van der Waals surface area (Å²) in [5, 5.41) is 2.83. The summed E-state index contributed by atoms with van der Waals surface area (Å²) in [7, 11) is 1.61. The second kappa shape index (κ2) is 7.85. The fourth-order valence-electron chi connectivity index (χ4n) is 1.89. The smallest absolute Gasteiger partial charge is 0.244 e. The van der Waals surface area contributed by atoms with Gasteiger partial charge in [-0.05, 0) is 24.3 Å². The lowest BCUT2D eigenvalue weighted by atomic mass is 10.2. The standard InChI is InChI=1S/C17H18N2O2/c1-21-16-8-3-2-6-14(16)9-10-17(20)19-13-11-15-7-4-5-12-18-15/h2-10,12H,11,13H2,1H3,(H,19,20). The topological polar surface area (TPSA) is 51.2 Å². The van der Waals surface area contributed by atoms with Gasteiger partial charge in [-0.1, -0.05) is 24.3 Å². The summed E-state index contributed by atoms with van der Waals surface area (Å²) < 4.78 is 5.23. The van der Waals surface area contributed by atoms with Crippen molar-refractivity contribution in [2.75, 3.05) is 13.7 Å². The van der Waals surface area contributed by atoms with E-state index in [1.54, 1.807) is 19.4 Å². The Morgan fingerprint density at radius 3 is 2.81 bits per heavy atom. The number of pyridine rings is 1. The predicted molar refractivity (Wildman–Crippen MR) is 83.0 cm³/mol. The van der Waals surface area contributed by atoms with Gasteiger partial charge >= 0.3 is 0 Å². The Morgan fingerprint density at radius 2 is 2.05 bits per heavy atom. The number of hydrogen-bond acceptors (Lipinski definition) is 3. The number of nitrogens with zero attached hydrogens (tertiary/aromatic N) is 1. The number of methoxy groups -OCH3 is 1. The van der Waals surface area contributed by atoms with Crippen LogP contribution in [-0.4, -0.2) is 24.5 Å². The summed E-state index contributed by atoms with van der Waals surface area (Å²) >= 11 is 0. The molecule has 0 aliphatic heterocycles. The van der Waals surface area contributed by atoms with Gasteiger partial charge in [0, 0.05) is 36.5 Å². The van der Waals surface area contributed by atoms with E-state index in [2.05, 4.69) is 10.3 Å². The van der Waals surface area contributed by atoms with E-state index in [0.29, 0.717) is 6.54 Å². The van der Waals surface area contributed by atoms with Gasteiger partial charge in [0.1, 0.15) is 5.75 Å². The highest BCUT2D eigenvalue weighted by Gasteiger charge is 1.99. The first-order chi connectivity index (χ1) is 10.3. The van der Waals surface area contributed by atoms with Crippen LogP contribution in [0, 0.1) is 0 Å². The minimum Gasteiger partial charge on any atom is -0.496 e. The van der Waals surface area contributed by atoms with Gasteiger partial charge in [0.05, 0.1) is 7.11 Å². The summed E-state index contributed by atoms with van der Waals surface area (Å²) in [4.78, 5) is 16.0. The molecule has 0 spiro atoms. The van der Waals surface area contributed by atoms with Crippen LogP contribution in [0.5, 0.6) is 5.75 Å². The highest BCUT2D eigenvalue weighted by molar-refractivity contribution is 5.92. The Hall–Kier alpha value is -2.62. The molecule has 1 heterocycles. The molecule has 0 aliphatic rings. The molecule has 1 aromatic carbocycles. The second-order valence-corrected chi connectivity index (χ2v) is 4.44. The number of ether oxygens (including phenoxy) is 1. The van der Waals surface area contributed by atoms with Gasteiger partial charge in [-0.25, -0.2) is 0 Å². The Morgan fingerprint density at radius 1 is 1.24 bits per heavy atom. The van der Waals surface area contributed by atoms with Gasteiger partial charge in [0.25, 0.3) is 0 Å². The molecule has 4 heteroatoms. The van der Waals surface area contributed by atoms with Gasteiger partial charge in [-0.3, -0.25) is 9.78 Å². The fourth-order valence-corrected chi connectivity index (χ4v) is 1.89. The zero-order valence-electron chi connectivity index (χ0n) is 12.0. The number of carbonyl (C=O) groups is 1. The molecule has 1 aromatic heterocycles. The molecule has 2 aromatic rings. The summed E-state index contributed by atoms with van der Waals surface area (Å²) in [5.41, 5.74) is 1.84. The van der Waals surface area contributed by atoms with E-state index < -0.39 is 0 Å². The first kappa shape index (κ1) is 14.8. The van der Waals surface area contributed by atoms with Crippen LogP contribution in [0.25, 0.3) is 6.08 Å². The van der Waals surface area contributed by atoms with Crippen LogP contribution in [0.15, 0.2) is 54.7 Å². The Bertz CT molecular complexity index is 609. The van der Waals surface area contributed by atoms with Crippen molar-refractivity contribution in [3.05, 3.63) is 66.0 Å². The molecule has 0 aliphatic carbocycles. The lowest BCUT2D eigenvalue weighted by Gasteiger charge is -2.04. The maximum Gasteiger partial charge on any atom is 0.244 e. The third kappa shape index (κ3) is 4.76. The van der Waals surface area contributed by atoms with E-state index in [4.69, 9.17) is 4.74 Å². The molecule has 108 valence electrons. The Labute approximate surface area is 124 Å². The molecule has 2 rings (SSSR count). The predicted octanol–water partition coefficient (Wildman–Crippen LogP) is 2.46. The maximum atomic E-state index is 11.7. The zero-order chi connectivity index (χ0) is 14.9. The molecule has 0 unspecified atom stereocenters. The summed E-state index contributed by atoms with van der Waals surface area (Å²) in [6.45, 7) is 0.562. The third-order valence-corrected chi connectivity index (χ3v) is 2.96. The highest BCUT2D eigenvalue weighted by atomic mass is 16.5. The monoisotopic (exact) mass is 282 g/mol. The van der Waals surface area contributed by atoms with Gasteiger partial charge in [0.15, 0.2) is 0 Å². The quantitative estimate of drug-likeness (QED) is 0.828. The molecular weight excluding hydrogens is 264 g/mol. The highest BCUT2D eigenvalue weighted by Crippen LogP contribution is 2.18. The first-order valence-electron chi connectivity index (χ1n) is 6.78. The van der Waals surface area contributed by atoms with Crippen molar-refractivity contribution in [3.63, 3.8) is 0 Å². The molecule has 1 N–H and O–H groups in total. The largest absolute Gasteiger partial charge is 0.496 e. The second-order valence-electron chi connectivity index (χ2n) is 4.44. The van der Waals surface area contributed by atoms with Crippen molar-refractivity contribution in [1.29, 1.82) is 0 Å². The Kier molecular flexibility index (Phi) is 5.52. The molecule has 0 fully saturated rings. The minimum atomic E-state index is -0.128. The van der Waals surface area contributed by atoms with Gasteiger partial charge in [-0.2, -0.15) is 0 Å². The lowest BCUT2D eigenvalue weighted by Crippen LogP contribution is -2.23. The third-order valence-electron chi connectivity index (χ3n) is 2.96. The van der Waals surface area contributed by atoms with Crippen LogP contribution in [0.1, 0.15) is 11.3 Å². The van der Waals surface area contributed by atoms with Crippen molar-refractivity contribution in [2.45, 2.75) is 6.42 Å². The summed E-state index contributed by atoms with van der Waals surface area (Å²) in [6, 6.07) is 13.3. The van der Waals surface area contributed by atoms with Crippen LogP contribution < -0.4 is 10.1 Å². The van der Waals surface area contributed by atoms with Crippen LogP contribution >= 0.6 is 0 Å². The van der Waals surface area contributed by atoms with Crippen molar-refractivity contribution < 1.29 is 9.53 Å². The molecule has 0 saturated carbocycles. The van der Waals surface area contributed by atoms with Crippen molar-refractivity contribution in [3.8, 4) is 5.75 Å². The van der Waals surface area contributed by atoms with E-state index in [1.807, 2.05) is 42.5 Å². The van der Waals surface area contributed by atoms with Crippen molar-refractivity contribution >= 4 is 12.0 Å². The fraction of sp³-hybridized carbons (Fsp3) is 0.176. The number of benzene rings is 1. The molecule has 21 heavy (non-hydrogen) atoms. The van der Waals surface area contributed by atoms with Crippen LogP contribution in [0.4, 0.5) is 0 Å². The number of para-hydroxylation sites is 1. The van der Waals surface area contributed by atoms with Crippen molar-refractivity contribution in [1.82, 2.24) is 10.3 Å². The van der Waals surface area contributed by atoms with E-state index in [-0.39, 0.29) is 5.91 Å². The molecule has 4 nitrogen and oxygen atoms in total. The van der Waals surface area contributed by atoms with Gasteiger partial charge in [-0.15, -0.1) is 0 Å². The Balaban J connectivity index is 1.83. The molecule has 0 bridgehead atoms. The minimum absolute atomic E-state index is 0.128. The SMILES string of the molecule is COc1ccccc1C=CC(=O)NCCc1ccccn1. The van der Waals surface area contributed by atoms with E-state index in [1.165, 1.54) is 6.08 Å². The molecule has 1 amide bonds. The zero-order valence-corrected chi connectivity index (χ0v) is 12.0. The number of carbonyl (C=O) groups excluding carboxylic acids is 1. The van der Waals surface area contributed by atoms with Gasteiger partial charge < -0.3 is 10.1 Å². The normalized spacial score (nSPS) is 10.5. The van der Waals surface area contributed by atoms with Crippen LogP contribution in [0.2, 0.25) is 0 Å². The van der Waals surface area contributed by atoms with Crippen molar-refractivity contribution in [2.24, 2.45) is 0 Å². The first-order valence-corrected chi connectivity index (χ1v) is 6.78. The number of aromatic nitrogens is 1. The number of hydrogen-bond donors (Lipinski definition) is 1. The van der Waals surface area contributed by atoms with Crippen LogP contribution in [-0.2, 0) is 11.2 Å². The van der Waals surface area contributed by atoms with Gasteiger partial charge in [0.2, 0.25) is 5.91 Å². The van der Waals surface area contributed by atoms with Crippen LogP contribution in [0.3, 0.4) is 0 Å². The lowest BCUT2D eigenvalue weighted by molar-refractivity contribution is -0.116. The van der Waals surface area contributed by atoms with E-state index in [9.17, 15) is 4.79 Å². The van der Waals surface area contributed by atoms with E-state index in [0.717, 1.165) is 23.4 Å². The molecule has 0 atom stereocenters. The summed E-state index contributed by atoms with van der Waals surface area (Å²) in [6.07, 6.45) is 5.72. The number of nitrogens with one attached hydrogen (secondary N) is 1. The summed E-state index contributed by atoms with van der Waals surface area (Å²) in [5.74, 6) is 0.617. The maximum absolute atomic E-state index is 11.7. The molecule has 0 saturated heterocycles. The average Bonchev–Trinajstić information content (AvgIpc) is 2.54. The molecular formula is C17H18N2O2. The van der Waals surface area contributed by atoms with E-state index >= 15 is 0 Å². The average molecular weight is 282 g/mol. The number of amides is 1. The number of rotatable bonds is 6. The molecule has 0 radical (unpaired) electrons.